The van der Waals surface area contributed by atoms with E-state index >= 15 is 0 Å². The van der Waals surface area contributed by atoms with Gasteiger partial charge in [0.25, 0.3) is 0 Å². The molecule has 0 aliphatic carbocycles. The molecule has 5 aromatic rings. The van der Waals surface area contributed by atoms with Crippen molar-refractivity contribution in [3.8, 4) is 22.5 Å². The third-order valence-corrected chi connectivity index (χ3v) is 4.75. The number of benzene rings is 3. The van der Waals surface area contributed by atoms with E-state index in [1.807, 2.05) is 30.5 Å². The highest BCUT2D eigenvalue weighted by atomic mass is 14.8. The molecular weight excluding hydrogens is 316 g/mol. The Labute approximate surface area is 151 Å². The van der Waals surface area contributed by atoms with E-state index in [1.165, 1.54) is 27.1 Å². The van der Waals surface area contributed by atoms with Crippen LogP contribution in [-0.2, 0) is 0 Å². The fraction of sp³-hybridized carbons (Fsp3) is 0. The van der Waals surface area contributed by atoms with Gasteiger partial charge < -0.3 is 0 Å². The molecule has 0 fully saturated rings. The molecule has 0 bridgehead atoms. The molecule has 3 aromatic carbocycles. The number of hydrogen-bond acceptors (Lipinski definition) is 2. The topological polar surface area (TPSA) is 25.8 Å². The molecule has 26 heavy (non-hydrogen) atoms. The maximum absolute atomic E-state index is 4.68. The van der Waals surface area contributed by atoms with Crippen LogP contribution in [0.3, 0.4) is 0 Å². The molecule has 0 radical (unpaired) electrons. The number of nitrogens with zero attached hydrogens (tertiary/aromatic N) is 2. The largest absolute Gasteiger partial charge is 0.255 e. The summed E-state index contributed by atoms with van der Waals surface area (Å²) in [5.74, 6) is 0. The van der Waals surface area contributed by atoms with Gasteiger partial charge >= 0.3 is 0 Å². The Bertz CT molecular complexity index is 1160. The predicted octanol–water partition coefficient (Wildman–Crippen LogP) is 6.12. The summed E-state index contributed by atoms with van der Waals surface area (Å²) in [5, 5.41) is 4.99. The van der Waals surface area contributed by atoms with Crippen molar-refractivity contribution in [2.24, 2.45) is 0 Å². The first-order valence-electron chi connectivity index (χ1n) is 8.68. The van der Waals surface area contributed by atoms with Gasteiger partial charge in [-0.25, -0.2) is 0 Å². The first-order valence-corrected chi connectivity index (χ1v) is 8.68. The Kier molecular flexibility index (Phi) is 3.46. The lowest BCUT2D eigenvalue weighted by atomic mass is 9.93. The number of pyridine rings is 2. The van der Waals surface area contributed by atoms with Crippen LogP contribution in [0.4, 0.5) is 0 Å². The van der Waals surface area contributed by atoms with Gasteiger partial charge in [0.2, 0.25) is 0 Å². The minimum Gasteiger partial charge on any atom is -0.255 e. The van der Waals surface area contributed by atoms with Crippen LogP contribution in [-0.4, -0.2) is 9.97 Å². The van der Waals surface area contributed by atoms with E-state index in [4.69, 9.17) is 0 Å². The molecule has 0 N–H and O–H groups in total. The molecule has 2 nitrogen and oxygen atoms in total. The SMILES string of the molecule is c1ccc(-c2ccc(-c3c4ccccc4cc4ccccc34)cn2)nc1. The molecule has 0 aliphatic rings. The van der Waals surface area contributed by atoms with E-state index in [1.54, 1.807) is 6.20 Å². The van der Waals surface area contributed by atoms with Gasteiger partial charge in [0.05, 0.1) is 11.4 Å². The van der Waals surface area contributed by atoms with Crippen molar-refractivity contribution in [2.75, 3.05) is 0 Å². The molecular formula is C24H16N2. The van der Waals surface area contributed by atoms with Crippen LogP contribution in [0.2, 0.25) is 0 Å². The monoisotopic (exact) mass is 332 g/mol. The van der Waals surface area contributed by atoms with Crippen LogP contribution in [0, 0.1) is 0 Å². The fourth-order valence-electron chi connectivity index (χ4n) is 3.53. The molecule has 0 amide bonds. The van der Waals surface area contributed by atoms with Gasteiger partial charge in [0.15, 0.2) is 0 Å². The van der Waals surface area contributed by atoms with Crippen molar-refractivity contribution >= 4 is 21.5 Å². The minimum atomic E-state index is 0.888. The Morgan fingerprint density at radius 3 is 1.81 bits per heavy atom. The maximum atomic E-state index is 4.68. The second-order valence-corrected chi connectivity index (χ2v) is 6.34. The van der Waals surface area contributed by atoms with Gasteiger partial charge in [0, 0.05) is 18.0 Å². The molecule has 0 atom stereocenters. The highest BCUT2D eigenvalue weighted by Gasteiger charge is 2.10. The summed E-state index contributed by atoms with van der Waals surface area (Å²) in [5.41, 5.74) is 4.14. The third kappa shape index (κ3) is 2.44. The number of aromatic nitrogens is 2. The Morgan fingerprint density at radius 1 is 0.538 bits per heavy atom. The summed E-state index contributed by atoms with van der Waals surface area (Å²) >= 11 is 0. The van der Waals surface area contributed by atoms with Crippen LogP contribution in [0.25, 0.3) is 44.1 Å². The van der Waals surface area contributed by atoms with Gasteiger partial charge in [-0.05, 0) is 51.4 Å². The van der Waals surface area contributed by atoms with Gasteiger partial charge in [-0.1, -0.05) is 60.7 Å². The standard InChI is InChI=1S/C24H16N2/c1-3-9-20-17(7-1)15-18-8-2-4-10-21(18)24(20)19-12-13-23(26-16-19)22-11-5-6-14-25-22/h1-16H. The highest BCUT2D eigenvalue weighted by molar-refractivity contribution is 6.12. The van der Waals surface area contributed by atoms with E-state index in [0.717, 1.165) is 17.0 Å². The van der Waals surface area contributed by atoms with Crippen LogP contribution in [0.15, 0.2) is 97.3 Å². The summed E-state index contributed by atoms with van der Waals surface area (Å²) < 4.78 is 0. The third-order valence-electron chi connectivity index (χ3n) is 4.75. The summed E-state index contributed by atoms with van der Waals surface area (Å²) in [7, 11) is 0. The smallest absolute Gasteiger partial charge is 0.0886 e. The summed E-state index contributed by atoms with van der Waals surface area (Å²) in [6, 6.07) is 29.4. The quantitative estimate of drug-likeness (QED) is 0.364. The van der Waals surface area contributed by atoms with E-state index < -0.39 is 0 Å². The first-order chi connectivity index (χ1) is 12.9. The zero-order valence-corrected chi connectivity index (χ0v) is 14.1. The van der Waals surface area contributed by atoms with Crippen molar-refractivity contribution < 1.29 is 0 Å². The number of rotatable bonds is 2. The molecule has 2 heteroatoms. The molecule has 2 aromatic heterocycles. The van der Waals surface area contributed by atoms with Crippen LogP contribution in [0.1, 0.15) is 0 Å². The molecule has 2 heterocycles. The van der Waals surface area contributed by atoms with Crippen molar-refractivity contribution in [3.63, 3.8) is 0 Å². The predicted molar refractivity (Wildman–Crippen MR) is 108 cm³/mol. The van der Waals surface area contributed by atoms with Crippen molar-refractivity contribution in [1.29, 1.82) is 0 Å². The Balaban J connectivity index is 1.75. The van der Waals surface area contributed by atoms with Crippen molar-refractivity contribution in [2.45, 2.75) is 0 Å². The lowest BCUT2D eigenvalue weighted by Crippen LogP contribution is -1.89. The van der Waals surface area contributed by atoms with Crippen LogP contribution >= 0.6 is 0 Å². The van der Waals surface area contributed by atoms with Crippen LogP contribution in [0.5, 0.6) is 0 Å². The van der Waals surface area contributed by atoms with Crippen LogP contribution < -0.4 is 0 Å². The molecule has 5 rings (SSSR count). The van der Waals surface area contributed by atoms with Crippen molar-refractivity contribution in [1.82, 2.24) is 9.97 Å². The van der Waals surface area contributed by atoms with Gasteiger partial charge in [-0.3, -0.25) is 9.97 Å². The molecule has 0 unspecified atom stereocenters. The Morgan fingerprint density at radius 2 is 1.19 bits per heavy atom. The summed E-state index contributed by atoms with van der Waals surface area (Å²) in [4.78, 5) is 9.07. The number of hydrogen-bond donors (Lipinski definition) is 0. The maximum Gasteiger partial charge on any atom is 0.0886 e. The zero-order valence-electron chi connectivity index (χ0n) is 14.1. The average molecular weight is 332 g/mol. The highest BCUT2D eigenvalue weighted by Crippen LogP contribution is 2.36. The van der Waals surface area contributed by atoms with Gasteiger partial charge in [-0.2, -0.15) is 0 Å². The lowest BCUT2D eigenvalue weighted by Gasteiger charge is -2.12. The Hall–Kier alpha value is -3.52. The molecule has 122 valence electrons. The van der Waals surface area contributed by atoms with Gasteiger partial charge in [-0.15, -0.1) is 0 Å². The van der Waals surface area contributed by atoms with E-state index in [9.17, 15) is 0 Å². The minimum absolute atomic E-state index is 0.888. The summed E-state index contributed by atoms with van der Waals surface area (Å²) in [6.45, 7) is 0. The fourth-order valence-corrected chi connectivity index (χ4v) is 3.53. The van der Waals surface area contributed by atoms with E-state index in [-0.39, 0.29) is 0 Å². The van der Waals surface area contributed by atoms with Crippen molar-refractivity contribution in [3.05, 3.63) is 97.3 Å². The molecule has 0 spiro atoms. The number of fused-ring (bicyclic) bond motifs is 2. The second kappa shape index (κ2) is 6.08. The van der Waals surface area contributed by atoms with E-state index in [0.29, 0.717) is 0 Å². The molecule has 0 saturated heterocycles. The average Bonchev–Trinajstić information content (AvgIpc) is 2.73. The van der Waals surface area contributed by atoms with Gasteiger partial charge in [0.1, 0.15) is 0 Å². The molecule has 0 aliphatic heterocycles. The lowest BCUT2D eigenvalue weighted by molar-refractivity contribution is 1.25. The second-order valence-electron chi connectivity index (χ2n) is 6.34. The summed E-state index contributed by atoms with van der Waals surface area (Å²) in [6.07, 6.45) is 3.75. The van der Waals surface area contributed by atoms with E-state index in [2.05, 4.69) is 70.6 Å². The first kappa shape index (κ1) is 14.8. The molecule has 0 saturated carbocycles. The normalized spacial score (nSPS) is 11.1. The zero-order chi connectivity index (χ0) is 17.3.